The molecule has 150 valence electrons. The molecule has 2 heterocycles. The van der Waals surface area contributed by atoms with Gasteiger partial charge in [0.2, 0.25) is 0 Å². The molecule has 0 aromatic carbocycles. The highest BCUT2D eigenvalue weighted by Crippen LogP contribution is 2.29. The van der Waals surface area contributed by atoms with Crippen LogP contribution in [0.15, 0.2) is 10.4 Å². The van der Waals surface area contributed by atoms with Crippen LogP contribution in [-0.4, -0.2) is 41.5 Å². The largest absolute Gasteiger partial charge is 0.434 e. The maximum absolute atomic E-state index is 12.6. The Morgan fingerprint density at radius 1 is 1.30 bits per heavy atom. The van der Waals surface area contributed by atoms with E-state index in [1.165, 1.54) is 0 Å². The van der Waals surface area contributed by atoms with Crippen molar-refractivity contribution in [3.8, 4) is 0 Å². The van der Waals surface area contributed by atoms with Gasteiger partial charge in [0.1, 0.15) is 5.01 Å². The molecule has 0 amide bonds. The fourth-order valence-electron chi connectivity index (χ4n) is 2.46. The van der Waals surface area contributed by atoms with Crippen LogP contribution in [0.1, 0.15) is 27.7 Å². The minimum atomic E-state index is -4.42. The number of nitrogens with zero attached hydrogens (tertiary/aromatic N) is 4. The topological polar surface area (TPSA) is 76.4 Å². The lowest BCUT2D eigenvalue weighted by molar-refractivity contribution is -0.140. The molecule has 0 aliphatic heterocycles. The molecule has 7 nitrogen and oxygen atoms in total. The molecule has 0 aliphatic carbocycles. The number of aliphatic imine (C=N–C) groups is 1. The molecule has 2 rings (SSSR count). The van der Waals surface area contributed by atoms with Gasteiger partial charge in [0.15, 0.2) is 11.7 Å². The molecule has 27 heavy (non-hydrogen) atoms. The standard InChI is InChI=1S/C16H23F3N6OS/c1-10-12(11(2)25(24-10)5-6-26-4)7-21-15(20-3)22-8-14-23-13(9-27-14)16(17,18)19/h9H,5-8H2,1-4H3,(H2,20,21,22). The summed E-state index contributed by atoms with van der Waals surface area (Å²) >= 11 is 0.958. The Morgan fingerprint density at radius 3 is 2.59 bits per heavy atom. The van der Waals surface area contributed by atoms with Gasteiger partial charge in [-0.25, -0.2) is 4.98 Å². The smallest absolute Gasteiger partial charge is 0.383 e. The minimum absolute atomic E-state index is 0.158. The third-order valence-corrected chi connectivity index (χ3v) is 4.79. The lowest BCUT2D eigenvalue weighted by Crippen LogP contribution is -2.36. The summed E-state index contributed by atoms with van der Waals surface area (Å²) in [5.41, 5.74) is 2.10. The monoisotopic (exact) mass is 404 g/mol. The highest BCUT2D eigenvalue weighted by Gasteiger charge is 2.33. The molecule has 0 saturated heterocycles. The number of alkyl halides is 3. The lowest BCUT2D eigenvalue weighted by atomic mass is 10.2. The van der Waals surface area contributed by atoms with Crippen LogP contribution in [0.4, 0.5) is 13.2 Å². The average Bonchev–Trinajstić information content (AvgIpc) is 3.19. The van der Waals surface area contributed by atoms with Gasteiger partial charge in [-0.05, 0) is 13.8 Å². The van der Waals surface area contributed by atoms with Gasteiger partial charge in [-0.3, -0.25) is 9.67 Å². The van der Waals surface area contributed by atoms with Crippen LogP contribution in [0, 0.1) is 13.8 Å². The Hall–Kier alpha value is -2.14. The number of aromatic nitrogens is 3. The molecule has 2 N–H and O–H groups in total. The third-order valence-electron chi connectivity index (χ3n) is 3.94. The Morgan fingerprint density at radius 2 is 2.00 bits per heavy atom. The zero-order valence-corrected chi connectivity index (χ0v) is 16.5. The molecule has 2 aromatic rings. The Labute approximate surface area is 159 Å². The van der Waals surface area contributed by atoms with E-state index in [0.29, 0.717) is 30.7 Å². The number of ether oxygens (including phenoxy) is 1. The van der Waals surface area contributed by atoms with E-state index >= 15 is 0 Å². The highest BCUT2D eigenvalue weighted by atomic mass is 32.1. The molecule has 0 radical (unpaired) electrons. The second-order valence-corrected chi connectivity index (χ2v) is 6.71. The number of aryl methyl sites for hydroxylation is 1. The maximum Gasteiger partial charge on any atom is 0.434 e. The first-order valence-corrected chi connectivity index (χ1v) is 9.12. The predicted molar refractivity (Wildman–Crippen MR) is 97.7 cm³/mol. The van der Waals surface area contributed by atoms with Crippen molar-refractivity contribution in [3.63, 3.8) is 0 Å². The summed E-state index contributed by atoms with van der Waals surface area (Å²) in [5, 5.41) is 12.0. The van der Waals surface area contributed by atoms with Gasteiger partial charge in [0.25, 0.3) is 0 Å². The minimum Gasteiger partial charge on any atom is -0.383 e. The van der Waals surface area contributed by atoms with E-state index in [4.69, 9.17) is 4.74 Å². The second kappa shape index (κ2) is 9.18. The molecule has 0 bridgehead atoms. The van der Waals surface area contributed by atoms with Gasteiger partial charge in [-0.2, -0.15) is 18.3 Å². The van der Waals surface area contributed by atoms with Crippen LogP contribution < -0.4 is 10.6 Å². The first-order chi connectivity index (χ1) is 12.8. The molecule has 0 spiro atoms. The van der Waals surface area contributed by atoms with Crippen LogP contribution in [0.3, 0.4) is 0 Å². The fraction of sp³-hybridized carbons (Fsp3) is 0.562. The Bertz CT molecular complexity index is 784. The van der Waals surface area contributed by atoms with Crippen molar-refractivity contribution in [2.45, 2.75) is 39.7 Å². The Kier molecular flexibility index (Phi) is 7.19. The van der Waals surface area contributed by atoms with Crippen LogP contribution in [0.5, 0.6) is 0 Å². The third kappa shape index (κ3) is 5.67. The summed E-state index contributed by atoms with van der Waals surface area (Å²) in [6.07, 6.45) is -4.42. The Balaban J connectivity index is 1.93. The van der Waals surface area contributed by atoms with E-state index in [1.807, 2.05) is 18.5 Å². The van der Waals surface area contributed by atoms with Crippen molar-refractivity contribution in [2.24, 2.45) is 4.99 Å². The number of hydrogen-bond donors (Lipinski definition) is 2. The van der Waals surface area contributed by atoms with Crippen molar-refractivity contribution in [3.05, 3.63) is 33.0 Å². The molecular formula is C16H23F3N6OS. The van der Waals surface area contributed by atoms with Crippen molar-refractivity contribution in [2.75, 3.05) is 20.8 Å². The summed E-state index contributed by atoms with van der Waals surface area (Å²) in [6, 6.07) is 0. The number of rotatable bonds is 7. The number of thiazole rings is 1. The predicted octanol–water partition coefficient (Wildman–Crippen LogP) is 2.49. The molecule has 0 unspecified atom stereocenters. The van der Waals surface area contributed by atoms with E-state index in [0.717, 1.165) is 33.7 Å². The van der Waals surface area contributed by atoms with E-state index in [1.54, 1.807) is 14.2 Å². The fourth-order valence-corrected chi connectivity index (χ4v) is 3.20. The zero-order valence-electron chi connectivity index (χ0n) is 15.6. The summed E-state index contributed by atoms with van der Waals surface area (Å²) in [7, 11) is 3.24. The van der Waals surface area contributed by atoms with Crippen molar-refractivity contribution in [1.29, 1.82) is 0 Å². The van der Waals surface area contributed by atoms with Gasteiger partial charge in [-0.15, -0.1) is 11.3 Å². The van der Waals surface area contributed by atoms with E-state index in [2.05, 4.69) is 25.7 Å². The van der Waals surface area contributed by atoms with E-state index < -0.39 is 11.9 Å². The molecule has 2 aromatic heterocycles. The molecule has 0 atom stereocenters. The number of methoxy groups -OCH3 is 1. The van der Waals surface area contributed by atoms with Crippen LogP contribution in [0.25, 0.3) is 0 Å². The van der Waals surface area contributed by atoms with Gasteiger partial charge in [-0.1, -0.05) is 0 Å². The summed E-state index contributed by atoms with van der Waals surface area (Å²) in [4.78, 5) is 7.68. The van der Waals surface area contributed by atoms with Gasteiger partial charge in [0.05, 0.1) is 25.4 Å². The highest BCUT2D eigenvalue weighted by molar-refractivity contribution is 7.09. The second-order valence-electron chi connectivity index (χ2n) is 5.77. The SMILES string of the molecule is CN=C(NCc1nc(C(F)(F)F)cs1)NCc1c(C)nn(CCOC)c1C. The van der Waals surface area contributed by atoms with Gasteiger partial charge in [0, 0.05) is 37.3 Å². The number of halogens is 3. The van der Waals surface area contributed by atoms with Crippen LogP contribution in [-0.2, 0) is 30.5 Å². The summed E-state index contributed by atoms with van der Waals surface area (Å²) in [5.74, 6) is 0.474. The van der Waals surface area contributed by atoms with Gasteiger partial charge >= 0.3 is 6.18 Å². The summed E-state index contributed by atoms with van der Waals surface area (Å²) in [6.45, 7) is 5.81. The zero-order chi connectivity index (χ0) is 20.0. The summed E-state index contributed by atoms with van der Waals surface area (Å²) < 4.78 is 44.8. The first kappa shape index (κ1) is 21.2. The number of guanidine groups is 1. The molecular weight excluding hydrogens is 381 g/mol. The molecule has 0 saturated carbocycles. The molecule has 0 aliphatic rings. The molecule has 0 fully saturated rings. The lowest BCUT2D eigenvalue weighted by Gasteiger charge is -2.11. The van der Waals surface area contributed by atoms with E-state index in [-0.39, 0.29) is 6.54 Å². The van der Waals surface area contributed by atoms with Crippen LogP contribution in [0.2, 0.25) is 0 Å². The maximum atomic E-state index is 12.6. The number of hydrogen-bond acceptors (Lipinski definition) is 5. The van der Waals surface area contributed by atoms with E-state index in [9.17, 15) is 13.2 Å². The quantitative estimate of drug-likeness (QED) is 0.548. The average molecular weight is 404 g/mol. The van der Waals surface area contributed by atoms with Crippen molar-refractivity contribution < 1.29 is 17.9 Å². The number of nitrogens with one attached hydrogen (secondary N) is 2. The van der Waals surface area contributed by atoms with Crippen molar-refractivity contribution >= 4 is 17.3 Å². The first-order valence-electron chi connectivity index (χ1n) is 8.24. The van der Waals surface area contributed by atoms with Gasteiger partial charge < -0.3 is 15.4 Å². The molecule has 11 heteroatoms. The van der Waals surface area contributed by atoms with Crippen LogP contribution >= 0.6 is 11.3 Å². The normalized spacial score (nSPS) is 12.5. The van der Waals surface area contributed by atoms with Crippen molar-refractivity contribution in [1.82, 2.24) is 25.4 Å².